The Morgan fingerprint density at radius 1 is 1.60 bits per heavy atom. The molecule has 1 saturated heterocycles. The van der Waals surface area contributed by atoms with Gasteiger partial charge in [0.15, 0.2) is 0 Å². The highest BCUT2D eigenvalue weighted by molar-refractivity contribution is 6.31. The summed E-state index contributed by atoms with van der Waals surface area (Å²) in [5.41, 5.74) is 1.41. The monoisotopic (exact) mass is 296 g/mol. The average molecular weight is 297 g/mol. The van der Waals surface area contributed by atoms with Gasteiger partial charge in [-0.2, -0.15) is 0 Å². The van der Waals surface area contributed by atoms with Gasteiger partial charge in [0.05, 0.1) is 11.7 Å². The van der Waals surface area contributed by atoms with Gasteiger partial charge in [-0.25, -0.2) is 0 Å². The first-order valence-corrected chi connectivity index (χ1v) is 7.41. The molecule has 1 aliphatic rings. The van der Waals surface area contributed by atoms with Crippen LogP contribution in [0.1, 0.15) is 30.6 Å². The number of hydrogen-bond acceptors (Lipinski definition) is 3. The summed E-state index contributed by atoms with van der Waals surface area (Å²) in [5, 5.41) is 13.4. The molecular formula is C15H21ClN2O2. The maximum atomic E-state index is 12.6. The molecule has 0 spiro atoms. The molecule has 0 saturated carbocycles. The number of rotatable bonds is 4. The largest absolute Gasteiger partial charge is 0.393 e. The van der Waals surface area contributed by atoms with Crippen molar-refractivity contribution in [1.82, 2.24) is 4.90 Å². The fraction of sp³-hybridized carbons (Fsp3) is 0.533. The molecule has 2 atom stereocenters. The number of nitrogens with one attached hydrogen (secondary N) is 1. The molecule has 5 heteroatoms. The van der Waals surface area contributed by atoms with E-state index in [0.717, 1.165) is 18.7 Å². The summed E-state index contributed by atoms with van der Waals surface area (Å²) in [6.45, 7) is 5.81. The molecule has 20 heavy (non-hydrogen) atoms. The highest BCUT2D eigenvalue weighted by Gasteiger charge is 2.30. The minimum atomic E-state index is -0.375. The minimum Gasteiger partial charge on any atom is -0.393 e. The van der Waals surface area contributed by atoms with Crippen molar-refractivity contribution >= 4 is 23.2 Å². The van der Waals surface area contributed by atoms with Crippen LogP contribution in [-0.2, 0) is 0 Å². The lowest BCUT2D eigenvalue weighted by Gasteiger charge is -2.20. The molecule has 4 nitrogen and oxygen atoms in total. The van der Waals surface area contributed by atoms with Crippen LogP contribution in [-0.4, -0.2) is 41.7 Å². The molecule has 0 aliphatic carbocycles. The first kappa shape index (κ1) is 15.1. The molecule has 1 heterocycles. The van der Waals surface area contributed by atoms with E-state index in [4.69, 9.17) is 11.6 Å². The molecule has 2 N–H and O–H groups in total. The lowest BCUT2D eigenvalue weighted by atomic mass is 10.0. The third-order valence-electron chi connectivity index (χ3n) is 3.77. The van der Waals surface area contributed by atoms with E-state index in [1.807, 2.05) is 13.0 Å². The van der Waals surface area contributed by atoms with E-state index in [1.165, 1.54) is 0 Å². The zero-order valence-electron chi connectivity index (χ0n) is 11.9. The molecule has 110 valence electrons. The predicted octanol–water partition coefficient (Wildman–Crippen LogP) is 2.61. The summed E-state index contributed by atoms with van der Waals surface area (Å²) in [4.78, 5) is 14.4. The van der Waals surface area contributed by atoms with Crippen molar-refractivity contribution in [3.63, 3.8) is 0 Å². The van der Waals surface area contributed by atoms with Crippen molar-refractivity contribution in [1.29, 1.82) is 0 Å². The lowest BCUT2D eigenvalue weighted by molar-refractivity contribution is 0.0763. The highest BCUT2D eigenvalue weighted by atomic mass is 35.5. The van der Waals surface area contributed by atoms with Crippen LogP contribution < -0.4 is 5.32 Å². The van der Waals surface area contributed by atoms with Crippen LogP contribution in [0.2, 0.25) is 5.02 Å². The van der Waals surface area contributed by atoms with Crippen molar-refractivity contribution < 1.29 is 9.90 Å². The maximum absolute atomic E-state index is 12.6. The molecule has 0 bridgehead atoms. The summed E-state index contributed by atoms with van der Waals surface area (Å²) in [5.74, 6) is 0.146. The van der Waals surface area contributed by atoms with Crippen LogP contribution in [0.5, 0.6) is 0 Å². The van der Waals surface area contributed by atoms with Gasteiger partial charge in [0.2, 0.25) is 0 Å². The summed E-state index contributed by atoms with van der Waals surface area (Å²) in [6, 6.07) is 5.32. The van der Waals surface area contributed by atoms with E-state index in [0.29, 0.717) is 23.7 Å². The van der Waals surface area contributed by atoms with Gasteiger partial charge in [-0.3, -0.25) is 4.79 Å². The second-order valence-corrected chi connectivity index (χ2v) is 5.70. The Kier molecular flexibility index (Phi) is 4.89. The number of halogens is 1. The Labute approximate surface area is 124 Å². The zero-order chi connectivity index (χ0) is 14.7. The van der Waals surface area contributed by atoms with E-state index < -0.39 is 0 Å². The first-order chi connectivity index (χ1) is 9.52. The Morgan fingerprint density at radius 3 is 2.95 bits per heavy atom. The first-order valence-electron chi connectivity index (χ1n) is 7.03. The number of amides is 1. The van der Waals surface area contributed by atoms with Gasteiger partial charge in [-0.15, -0.1) is 0 Å². The molecule has 0 radical (unpaired) electrons. The molecule has 1 aliphatic heterocycles. The number of carbonyl (C=O) groups is 1. The number of nitrogens with zero attached hydrogens (tertiary/aromatic N) is 1. The van der Waals surface area contributed by atoms with Gasteiger partial charge >= 0.3 is 0 Å². The molecule has 1 aromatic carbocycles. The molecule has 2 unspecified atom stereocenters. The quantitative estimate of drug-likeness (QED) is 0.898. The standard InChI is InChI=1S/C15H21ClN2O2/c1-3-17-14-5-4-12(16)8-13(14)15(20)18-7-6-11(9-18)10(2)19/h4-5,8,10-11,17,19H,3,6-7,9H2,1-2H3. The molecule has 1 aromatic rings. The number of aliphatic hydroxyl groups is 1. The van der Waals surface area contributed by atoms with E-state index in [9.17, 15) is 9.90 Å². The van der Waals surface area contributed by atoms with E-state index in [2.05, 4.69) is 5.32 Å². The Bertz CT molecular complexity index is 491. The number of carbonyl (C=O) groups excluding carboxylic acids is 1. The molecule has 2 rings (SSSR count). The molecule has 1 amide bonds. The normalized spacial score (nSPS) is 20.0. The maximum Gasteiger partial charge on any atom is 0.256 e. The number of benzene rings is 1. The Balaban J connectivity index is 2.19. The molecular weight excluding hydrogens is 276 g/mol. The van der Waals surface area contributed by atoms with Crippen LogP contribution in [0.15, 0.2) is 18.2 Å². The Hall–Kier alpha value is -1.26. The van der Waals surface area contributed by atoms with E-state index in [-0.39, 0.29) is 17.9 Å². The van der Waals surface area contributed by atoms with Crippen LogP contribution >= 0.6 is 11.6 Å². The van der Waals surface area contributed by atoms with Crippen LogP contribution in [0.3, 0.4) is 0 Å². The average Bonchev–Trinajstić information content (AvgIpc) is 2.90. The number of anilines is 1. The second-order valence-electron chi connectivity index (χ2n) is 5.26. The predicted molar refractivity (Wildman–Crippen MR) is 81.3 cm³/mol. The van der Waals surface area contributed by atoms with Crippen molar-refractivity contribution in [2.45, 2.75) is 26.4 Å². The number of hydrogen-bond donors (Lipinski definition) is 2. The van der Waals surface area contributed by atoms with Gasteiger partial charge in [-0.1, -0.05) is 11.6 Å². The fourth-order valence-electron chi connectivity index (χ4n) is 2.57. The fourth-order valence-corrected chi connectivity index (χ4v) is 2.75. The third-order valence-corrected chi connectivity index (χ3v) is 4.01. The van der Waals surface area contributed by atoms with Gasteiger partial charge in [0.25, 0.3) is 5.91 Å². The van der Waals surface area contributed by atoms with E-state index >= 15 is 0 Å². The summed E-state index contributed by atoms with van der Waals surface area (Å²) in [6.07, 6.45) is 0.473. The lowest BCUT2D eigenvalue weighted by Crippen LogP contribution is -2.31. The van der Waals surface area contributed by atoms with Crippen LogP contribution in [0, 0.1) is 5.92 Å². The summed E-state index contributed by atoms with van der Waals surface area (Å²) < 4.78 is 0. The minimum absolute atomic E-state index is 0.0217. The second kappa shape index (κ2) is 6.46. The number of aliphatic hydroxyl groups excluding tert-OH is 1. The smallest absolute Gasteiger partial charge is 0.256 e. The van der Waals surface area contributed by atoms with E-state index in [1.54, 1.807) is 24.0 Å². The molecule has 0 aromatic heterocycles. The summed E-state index contributed by atoms with van der Waals surface area (Å²) in [7, 11) is 0. The van der Waals surface area contributed by atoms with Gasteiger partial charge < -0.3 is 15.3 Å². The van der Waals surface area contributed by atoms with Gasteiger partial charge in [0.1, 0.15) is 0 Å². The van der Waals surface area contributed by atoms with Crippen molar-refractivity contribution in [3.05, 3.63) is 28.8 Å². The van der Waals surface area contributed by atoms with Crippen LogP contribution in [0.25, 0.3) is 0 Å². The SMILES string of the molecule is CCNc1ccc(Cl)cc1C(=O)N1CCC(C(C)O)C1. The molecule has 1 fully saturated rings. The topological polar surface area (TPSA) is 52.6 Å². The van der Waals surface area contributed by atoms with Gasteiger partial charge in [-0.05, 0) is 38.5 Å². The van der Waals surface area contributed by atoms with Crippen LogP contribution in [0.4, 0.5) is 5.69 Å². The van der Waals surface area contributed by atoms with Crippen molar-refractivity contribution in [2.24, 2.45) is 5.92 Å². The zero-order valence-corrected chi connectivity index (χ0v) is 12.7. The van der Waals surface area contributed by atoms with Crippen molar-refractivity contribution in [3.8, 4) is 0 Å². The van der Waals surface area contributed by atoms with Gasteiger partial charge in [0, 0.05) is 36.3 Å². The number of likely N-dealkylation sites (tertiary alicyclic amines) is 1. The van der Waals surface area contributed by atoms with Crippen molar-refractivity contribution in [2.75, 3.05) is 25.0 Å². The highest BCUT2D eigenvalue weighted by Crippen LogP contribution is 2.26. The Morgan fingerprint density at radius 2 is 2.35 bits per heavy atom. The summed E-state index contributed by atoms with van der Waals surface area (Å²) >= 11 is 6.01. The third kappa shape index (κ3) is 3.25.